The van der Waals surface area contributed by atoms with Gasteiger partial charge in [-0.25, -0.2) is 8.78 Å². The Bertz CT molecular complexity index is 659. The first-order chi connectivity index (χ1) is 9.51. The lowest BCUT2D eigenvalue weighted by atomic mass is 10.1. The minimum atomic E-state index is -0.697. The summed E-state index contributed by atoms with van der Waals surface area (Å²) in [5, 5.41) is 2.33. The molecular weight excluding hydrogens is 264 g/mol. The van der Waals surface area contributed by atoms with E-state index >= 15 is 0 Å². The molecule has 0 heterocycles. The highest BCUT2D eigenvalue weighted by Gasteiger charge is 2.11. The van der Waals surface area contributed by atoms with Gasteiger partial charge in [0.1, 0.15) is 11.6 Å². The number of carbonyl (C=O) groups is 1. The van der Waals surface area contributed by atoms with Gasteiger partial charge in [-0.15, -0.1) is 0 Å². The van der Waals surface area contributed by atoms with Gasteiger partial charge in [-0.1, -0.05) is 0 Å². The molecule has 4 nitrogen and oxygen atoms in total. The van der Waals surface area contributed by atoms with Crippen molar-refractivity contribution in [1.82, 2.24) is 0 Å². The second kappa shape index (κ2) is 5.66. The summed E-state index contributed by atoms with van der Waals surface area (Å²) in [7, 11) is 0. The predicted molar refractivity (Wildman–Crippen MR) is 73.3 cm³/mol. The Kier molecular flexibility index (Phi) is 3.95. The summed E-state index contributed by atoms with van der Waals surface area (Å²) < 4.78 is 26.5. The van der Waals surface area contributed by atoms with Crippen LogP contribution in [-0.2, 0) is 0 Å². The number of aryl methyl sites for hydroxylation is 1. The molecule has 0 fully saturated rings. The molecule has 2 aromatic carbocycles. The number of hydrazine groups is 1. The van der Waals surface area contributed by atoms with Crippen LogP contribution in [0.1, 0.15) is 15.9 Å². The van der Waals surface area contributed by atoms with Crippen LogP contribution in [0, 0.1) is 18.6 Å². The smallest absolute Gasteiger partial charge is 0.255 e. The zero-order valence-electron chi connectivity index (χ0n) is 10.7. The summed E-state index contributed by atoms with van der Waals surface area (Å²) in [6.07, 6.45) is 0. The minimum Gasteiger partial charge on any atom is -0.324 e. The van der Waals surface area contributed by atoms with Crippen molar-refractivity contribution in [2.75, 3.05) is 10.7 Å². The molecule has 0 saturated carbocycles. The third-order valence-electron chi connectivity index (χ3n) is 2.82. The second-order valence-electron chi connectivity index (χ2n) is 4.25. The lowest BCUT2D eigenvalue weighted by Gasteiger charge is -2.09. The number of benzene rings is 2. The van der Waals surface area contributed by atoms with Crippen molar-refractivity contribution in [3.05, 3.63) is 59.2 Å². The molecule has 0 spiro atoms. The molecule has 4 N–H and O–H groups in total. The summed E-state index contributed by atoms with van der Waals surface area (Å²) in [4.78, 5) is 12.0. The molecule has 0 aliphatic rings. The number of carbonyl (C=O) groups excluding carboxylic acids is 1. The van der Waals surface area contributed by atoms with E-state index in [1.807, 2.05) is 0 Å². The average Bonchev–Trinajstić information content (AvgIpc) is 2.42. The zero-order chi connectivity index (χ0) is 14.7. The molecule has 0 aliphatic heterocycles. The highest BCUT2D eigenvalue weighted by atomic mass is 19.1. The first-order valence-corrected chi connectivity index (χ1v) is 5.85. The molecule has 0 atom stereocenters. The maximum Gasteiger partial charge on any atom is 0.255 e. The second-order valence-corrected chi connectivity index (χ2v) is 4.25. The van der Waals surface area contributed by atoms with Gasteiger partial charge in [0, 0.05) is 11.6 Å². The lowest BCUT2D eigenvalue weighted by molar-refractivity contribution is 0.102. The van der Waals surface area contributed by atoms with E-state index in [9.17, 15) is 13.6 Å². The number of nitrogens with one attached hydrogen (secondary N) is 2. The number of hydrogen-bond acceptors (Lipinski definition) is 3. The van der Waals surface area contributed by atoms with Crippen LogP contribution < -0.4 is 16.6 Å². The van der Waals surface area contributed by atoms with Crippen molar-refractivity contribution >= 4 is 17.3 Å². The van der Waals surface area contributed by atoms with Crippen LogP contribution in [0.3, 0.4) is 0 Å². The number of hydrogen-bond donors (Lipinski definition) is 3. The fourth-order valence-electron chi connectivity index (χ4n) is 1.75. The summed E-state index contributed by atoms with van der Waals surface area (Å²) in [5.74, 6) is 3.45. The number of rotatable bonds is 3. The Labute approximate surface area is 114 Å². The molecule has 20 heavy (non-hydrogen) atoms. The molecule has 104 valence electrons. The van der Waals surface area contributed by atoms with E-state index in [1.54, 1.807) is 19.1 Å². The van der Waals surface area contributed by atoms with Crippen LogP contribution in [0.2, 0.25) is 0 Å². The Balaban J connectivity index is 2.24. The largest absolute Gasteiger partial charge is 0.324 e. The molecule has 0 unspecified atom stereocenters. The molecule has 0 radical (unpaired) electrons. The van der Waals surface area contributed by atoms with Crippen molar-refractivity contribution in [2.45, 2.75) is 6.92 Å². The fourth-order valence-corrected chi connectivity index (χ4v) is 1.75. The predicted octanol–water partition coefficient (Wildman–Crippen LogP) is 2.81. The van der Waals surface area contributed by atoms with Crippen molar-refractivity contribution in [1.29, 1.82) is 0 Å². The van der Waals surface area contributed by atoms with E-state index < -0.39 is 17.5 Å². The van der Waals surface area contributed by atoms with E-state index in [4.69, 9.17) is 5.84 Å². The van der Waals surface area contributed by atoms with E-state index in [-0.39, 0.29) is 5.69 Å². The molecule has 0 aliphatic carbocycles. The Morgan fingerprint density at radius 3 is 2.50 bits per heavy atom. The SMILES string of the molecule is Cc1cc(C(=O)Nc2cc(F)ccc2F)ccc1NN. The number of amides is 1. The van der Waals surface area contributed by atoms with Crippen molar-refractivity contribution in [3.8, 4) is 0 Å². The van der Waals surface area contributed by atoms with E-state index in [0.717, 1.165) is 23.8 Å². The van der Waals surface area contributed by atoms with E-state index in [1.165, 1.54) is 6.07 Å². The molecule has 2 aromatic rings. The van der Waals surface area contributed by atoms with Crippen molar-refractivity contribution in [2.24, 2.45) is 5.84 Å². The van der Waals surface area contributed by atoms with E-state index in [0.29, 0.717) is 11.3 Å². The van der Waals surface area contributed by atoms with Gasteiger partial charge in [0.05, 0.1) is 11.4 Å². The number of nitrogen functional groups attached to an aromatic ring is 1. The van der Waals surface area contributed by atoms with Gasteiger partial charge in [0.25, 0.3) is 5.91 Å². The summed E-state index contributed by atoms with van der Waals surface area (Å²) in [6, 6.07) is 7.63. The Morgan fingerprint density at radius 1 is 1.10 bits per heavy atom. The van der Waals surface area contributed by atoms with Crippen LogP contribution in [0.5, 0.6) is 0 Å². The van der Waals surface area contributed by atoms with Crippen LogP contribution in [0.4, 0.5) is 20.2 Å². The van der Waals surface area contributed by atoms with Crippen LogP contribution in [-0.4, -0.2) is 5.91 Å². The highest BCUT2D eigenvalue weighted by Crippen LogP contribution is 2.19. The third kappa shape index (κ3) is 2.92. The first-order valence-electron chi connectivity index (χ1n) is 5.85. The maximum atomic E-state index is 13.4. The summed E-state index contributed by atoms with van der Waals surface area (Å²) in [6.45, 7) is 1.77. The molecule has 0 aromatic heterocycles. The standard InChI is InChI=1S/C14H13F2N3O/c1-8-6-9(2-5-12(8)19-17)14(20)18-13-7-10(15)3-4-11(13)16/h2-7,19H,17H2,1H3,(H,18,20). The minimum absolute atomic E-state index is 0.200. The van der Waals surface area contributed by atoms with Gasteiger partial charge in [-0.05, 0) is 42.8 Å². The van der Waals surface area contributed by atoms with Crippen LogP contribution in [0.15, 0.2) is 36.4 Å². The molecule has 2 rings (SSSR count). The average molecular weight is 277 g/mol. The molecule has 0 bridgehead atoms. The third-order valence-corrected chi connectivity index (χ3v) is 2.82. The molecule has 0 saturated heterocycles. The topological polar surface area (TPSA) is 67.2 Å². The zero-order valence-corrected chi connectivity index (χ0v) is 10.7. The van der Waals surface area contributed by atoms with Gasteiger partial charge in [-0.2, -0.15) is 0 Å². The van der Waals surface area contributed by atoms with E-state index in [2.05, 4.69) is 10.7 Å². The van der Waals surface area contributed by atoms with Gasteiger partial charge in [0.2, 0.25) is 0 Å². The number of nitrogens with two attached hydrogens (primary N) is 1. The van der Waals surface area contributed by atoms with Crippen molar-refractivity contribution in [3.63, 3.8) is 0 Å². The summed E-state index contributed by atoms with van der Waals surface area (Å²) >= 11 is 0. The Morgan fingerprint density at radius 2 is 1.85 bits per heavy atom. The monoisotopic (exact) mass is 277 g/mol. The van der Waals surface area contributed by atoms with Gasteiger partial charge < -0.3 is 10.7 Å². The Hall–Kier alpha value is -2.47. The summed E-state index contributed by atoms with van der Waals surface area (Å²) in [5.41, 5.74) is 4.05. The molecule has 1 amide bonds. The van der Waals surface area contributed by atoms with Crippen molar-refractivity contribution < 1.29 is 13.6 Å². The van der Waals surface area contributed by atoms with Gasteiger partial charge in [-0.3, -0.25) is 10.6 Å². The normalized spacial score (nSPS) is 10.2. The molecular formula is C14H13F2N3O. The highest BCUT2D eigenvalue weighted by molar-refractivity contribution is 6.04. The van der Waals surface area contributed by atoms with Crippen LogP contribution >= 0.6 is 0 Å². The molecule has 6 heteroatoms. The van der Waals surface area contributed by atoms with Gasteiger partial charge in [0.15, 0.2) is 0 Å². The number of anilines is 2. The number of halogens is 2. The van der Waals surface area contributed by atoms with Gasteiger partial charge >= 0.3 is 0 Å². The quantitative estimate of drug-likeness (QED) is 0.597. The lowest BCUT2D eigenvalue weighted by Crippen LogP contribution is -2.14. The maximum absolute atomic E-state index is 13.4. The fraction of sp³-hybridized carbons (Fsp3) is 0.0714. The first kappa shape index (κ1) is 14.0. The van der Waals surface area contributed by atoms with Crippen LogP contribution in [0.25, 0.3) is 0 Å².